The Kier molecular flexibility index (Phi) is 4.64. The molecule has 0 aromatic carbocycles. The smallest absolute Gasteiger partial charge is 0.191 e. The van der Waals surface area contributed by atoms with E-state index >= 15 is 0 Å². The Balaban J connectivity index is 0.00000133. The van der Waals surface area contributed by atoms with Gasteiger partial charge in [-0.05, 0) is 25.7 Å². The topological polar surface area (TPSA) is 72.3 Å². The lowest BCUT2D eigenvalue weighted by Crippen LogP contribution is -2.35. The van der Waals surface area contributed by atoms with Crippen molar-refractivity contribution in [1.29, 1.82) is 0 Å². The Morgan fingerprint density at radius 2 is 2.21 bits per heavy atom. The molecule has 19 heavy (non-hydrogen) atoms. The summed E-state index contributed by atoms with van der Waals surface area (Å²) in [5.41, 5.74) is 5.97. The third-order valence-corrected chi connectivity index (χ3v) is 3.77. The molecule has 0 atom stereocenters. The molecule has 2 aliphatic rings. The van der Waals surface area contributed by atoms with E-state index in [1.807, 2.05) is 7.05 Å². The lowest BCUT2D eigenvalue weighted by atomic mass is 10.2. The predicted molar refractivity (Wildman–Crippen MR) is 84.5 cm³/mol. The summed E-state index contributed by atoms with van der Waals surface area (Å²) in [6, 6.07) is 0.598. The van der Waals surface area contributed by atoms with Crippen molar-refractivity contribution in [3.63, 3.8) is 0 Å². The summed E-state index contributed by atoms with van der Waals surface area (Å²) < 4.78 is 2.19. The Morgan fingerprint density at radius 3 is 2.95 bits per heavy atom. The van der Waals surface area contributed by atoms with Crippen LogP contribution in [0.1, 0.15) is 37.3 Å². The molecule has 0 saturated heterocycles. The van der Waals surface area contributed by atoms with Crippen molar-refractivity contribution in [2.24, 2.45) is 10.7 Å². The molecule has 2 N–H and O–H groups in total. The highest BCUT2D eigenvalue weighted by Crippen LogP contribution is 2.25. The Morgan fingerprint density at radius 1 is 1.42 bits per heavy atom. The maximum Gasteiger partial charge on any atom is 0.191 e. The highest BCUT2D eigenvalue weighted by molar-refractivity contribution is 14.0. The first-order chi connectivity index (χ1) is 8.75. The number of nitrogens with zero attached hydrogens (tertiary/aromatic N) is 5. The molecule has 1 fully saturated rings. The van der Waals surface area contributed by atoms with Crippen molar-refractivity contribution in [2.75, 3.05) is 7.05 Å². The normalized spacial score (nSPS) is 18.7. The van der Waals surface area contributed by atoms with Crippen molar-refractivity contribution in [3.8, 4) is 0 Å². The Labute approximate surface area is 130 Å². The van der Waals surface area contributed by atoms with Crippen LogP contribution >= 0.6 is 24.0 Å². The third-order valence-electron chi connectivity index (χ3n) is 3.77. The summed E-state index contributed by atoms with van der Waals surface area (Å²) in [5.74, 6) is 2.66. The fourth-order valence-corrected chi connectivity index (χ4v) is 2.40. The first-order valence-corrected chi connectivity index (χ1v) is 6.69. The van der Waals surface area contributed by atoms with Gasteiger partial charge in [-0.25, -0.2) is 4.99 Å². The van der Waals surface area contributed by atoms with Gasteiger partial charge in [0.15, 0.2) is 11.8 Å². The van der Waals surface area contributed by atoms with E-state index in [-0.39, 0.29) is 24.0 Å². The molecule has 0 radical (unpaired) electrons. The van der Waals surface area contributed by atoms with Crippen LogP contribution in [0.4, 0.5) is 0 Å². The lowest BCUT2D eigenvalue weighted by Gasteiger charge is -2.17. The van der Waals surface area contributed by atoms with Gasteiger partial charge in [-0.2, -0.15) is 0 Å². The molecule has 0 bridgehead atoms. The molecule has 1 aromatic rings. The second-order valence-electron chi connectivity index (χ2n) is 5.16. The summed E-state index contributed by atoms with van der Waals surface area (Å²) in [7, 11) is 2.01. The van der Waals surface area contributed by atoms with Gasteiger partial charge in [-0.3, -0.25) is 0 Å². The zero-order valence-electron chi connectivity index (χ0n) is 11.2. The second kappa shape index (κ2) is 6.06. The summed E-state index contributed by atoms with van der Waals surface area (Å²) in [5, 5.41) is 8.44. The molecule has 2 heterocycles. The van der Waals surface area contributed by atoms with Gasteiger partial charge in [0.05, 0.1) is 0 Å². The van der Waals surface area contributed by atoms with Crippen molar-refractivity contribution < 1.29 is 0 Å². The van der Waals surface area contributed by atoms with Crippen LogP contribution in [0.2, 0.25) is 0 Å². The van der Waals surface area contributed by atoms with Crippen molar-refractivity contribution >= 4 is 29.9 Å². The SMILES string of the molecule is CN(C(N)=NCc1nnc2n1CCCC2)C1CC1.I. The predicted octanol–water partition coefficient (Wildman–Crippen LogP) is 1.14. The average molecular weight is 376 g/mol. The zero-order chi connectivity index (χ0) is 12.5. The van der Waals surface area contributed by atoms with Gasteiger partial charge in [0.2, 0.25) is 0 Å². The van der Waals surface area contributed by atoms with Crippen LogP contribution < -0.4 is 5.73 Å². The molecule has 1 aliphatic carbocycles. The molecule has 1 aliphatic heterocycles. The van der Waals surface area contributed by atoms with Crippen LogP contribution in [0.25, 0.3) is 0 Å². The molecule has 1 aromatic heterocycles. The maximum absolute atomic E-state index is 5.97. The van der Waals surface area contributed by atoms with Crippen LogP contribution in [-0.2, 0) is 19.5 Å². The Bertz CT molecular complexity index is 465. The number of aromatic nitrogens is 3. The third kappa shape index (κ3) is 3.18. The standard InChI is InChI=1S/C12H20N6.HI/c1-17(9-5-6-9)12(13)14-8-11-16-15-10-4-2-3-7-18(10)11;/h9H,2-8H2,1H3,(H2,13,14);1H. The van der Waals surface area contributed by atoms with Crippen LogP contribution in [0, 0.1) is 0 Å². The molecule has 1 saturated carbocycles. The summed E-state index contributed by atoms with van der Waals surface area (Å²) in [6.07, 6.45) is 5.92. The largest absolute Gasteiger partial charge is 0.370 e. The molecule has 0 amide bonds. The van der Waals surface area contributed by atoms with E-state index in [4.69, 9.17) is 5.73 Å². The molecular formula is C12H21IN6. The minimum absolute atomic E-state index is 0. The van der Waals surface area contributed by atoms with Gasteiger partial charge in [0.1, 0.15) is 12.4 Å². The zero-order valence-corrected chi connectivity index (χ0v) is 13.6. The molecule has 7 heteroatoms. The summed E-state index contributed by atoms with van der Waals surface area (Å²) >= 11 is 0. The number of nitrogens with two attached hydrogens (primary N) is 1. The van der Waals surface area contributed by atoms with E-state index in [0.29, 0.717) is 18.5 Å². The second-order valence-corrected chi connectivity index (χ2v) is 5.16. The number of halogens is 1. The van der Waals surface area contributed by atoms with E-state index in [9.17, 15) is 0 Å². The van der Waals surface area contributed by atoms with Crippen LogP contribution in [0.3, 0.4) is 0 Å². The van der Waals surface area contributed by atoms with Crippen molar-refractivity contribution in [2.45, 2.75) is 51.2 Å². The fourth-order valence-electron chi connectivity index (χ4n) is 2.40. The minimum atomic E-state index is 0. The molecule has 0 spiro atoms. The molecule has 6 nitrogen and oxygen atoms in total. The first-order valence-electron chi connectivity index (χ1n) is 6.69. The van der Waals surface area contributed by atoms with Gasteiger partial charge >= 0.3 is 0 Å². The molecular weight excluding hydrogens is 355 g/mol. The highest BCUT2D eigenvalue weighted by Gasteiger charge is 2.27. The van der Waals surface area contributed by atoms with E-state index < -0.39 is 0 Å². The maximum atomic E-state index is 5.97. The lowest BCUT2D eigenvalue weighted by molar-refractivity contribution is 0.483. The fraction of sp³-hybridized carbons (Fsp3) is 0.750. The number of aryl methyl sites for hydroxylation is 1. The molecule has 0 unspecified atom stereocenters. The average Bonchev–Trinajstić information content (AvgIpc) is 3.16. The number of guanidine groups is 1. The number of hydrogen-bond acceptors (Lipinski definition) is 3. The van der Waals surface area contributed by atoms with Gasteiger partial charge in [0.25, 0.3) is 0 Å². The summed E-state index contributed by atoms with van der Waals surface area (Å²) in [4.78, 5) is 6.50. The van der Waals surface area contributed by atoms with E-state index in [0.717, 1.165) is 24.6 Å². The van der Waals surface area contributed by atoms with E-state index in [1.54, 1.807) is 0 Å². The Hall–Kier alpha value is -0.860. The van der Waals surface area contributed by atoms with Crippen molar-refractivity contribution in [1.82, 2.24) is 19.7 Å². The number of aliphatic imine (C=N–C) groups is 1. The van der Waals surface area contributed by atoms with E-state index in [1.165, 1.54) is 25.7 Å². The van der Waals surface area contributed by atoms with Crippen LogP contribution in [0.5, 0.6) is 0 Å². The van der Waals surface area contributed by atoms with Crippen LogP contribution in [-0.4, -0.2) is 38.7 Å². The molecule has 3 rings (SSSR count). The minimum Gasteiger partial charge on any atom is -0.370 e. The number of hydrogen-bond donors (Lipinski definition) is 1. The van der Waals surface area contributed by atoms with Gasteiger partial charge in [-0.1, -0.05) is 0 Å². The van der Waals surface area contributed by atoms with Crippen LogP contribution in [0.15, 0.2) is 4.99 Å². The summed E-state index contributed by atoms with van der Waals surface area (Å²) in [6.45, 7) is 1.56. The highest BCUT2D eigenvalue weighted by atomic mass is 127. The first kappa shape index (κ1) is 14.5. The van der Waals surface area contributed by atoms with Gasteiger partial charge in [-0.15, -0.1) is 34.2 Å². The van der Waals surface area contributed by atoms with E-state index in [2.05, 4.69) is 24.7 Å². The quantitative estimate of drug-likeness (QED) is 0.488. The molecule has 106 valence electrons. The van der Waals surface area contributed by atoms with Crippen molar-refractivity contribution in [3.05, 3.63) is 11.6 Å². The monoisotopic (exact) mass is 376 g/mol. The van der Waals surface area contributed by atoms with Gasteiger partial charge in [0, 0.05) is 26.1 Å². The number of rotatable bonds is 3. The van der Waals surface area contributed by atoms with Gasteiger partial charge < -0.3 is 15.2 Å². The number of fused-ring (bicyclic) bond motifs is 1.